The topological polar surface area (TPSA) is 52.1 Å². The van der Waals surface area contributed by atoms with E-state index in [9.17, 15) is 4.79 Å². The van der Waals surface area contributed by atoms with E-state index in [-0.39, 0.29) is 5.97 Å². The zero-order valence-corrected chi connectivity index (χ0v) is 12.4. The van der Waals surface area contributed by atoms with Gasteiger partial charge < -0.3 is 4.74 Å². The number of aromatic nitrogens is 2. The Morgan fingerprint density at radius 2 is 2.32 bits per heavy atom. The highest BCUT2D eigenvalue weighted by Gasteiger charge is 2.07. The van der Waals surface area contributed by atoms with Gasteiger partial charge in [0.05, 0.1) is 22.9 Å². The third-order valence-electron chi connectivity index (χ3n) is 2.26. The molecule has 0 aliphatic carbocycles. The standard InChI is InChI=1S/C13H14N2O2S2/c1-3-17-13(16)10-4-5-11(14-6-10)19-8-12-15-9(2)7-18-12/h4-7H,3,8H2,1-2H3. The van der Waals surface area contributed by atoms with Gasteiger partial charge in [0.15, 0.2) is 0 Å². The van der Waals surface area contributed by atoms with Crippen LogP contribution < -0.4 is 0 Å². The van der Waals surface area contributed by atoms with E-state index in [0.717, 1.165) is 21.5 Å². The van der Waals surface area contributed by atoms with Crippen LogP contribution in [0.15, 0.2) is 28.7 Å². The molecule has 0 fully saturated rings. The average molecular weight is 294 g/mol. The molecule has 0 spiro atoms. The second-order valence-corrected chi connectivity index (χ2v) is 5.72. The van der Waals surface area contributed by atoms with Crippen molar-refractivity contribution in [2.45, 2.75) is 24.6 Å². The summed E-state index contributed by atoms with van der Waals surface area (Å²) in [7, 11) is 0. The van der Waals surface area contributed by atoms with E-state index in [1.54, 1.807) is 42.3 Å². The van der Waals surface area contributed by atoms with E-state index in [0.29, 0.717) is 12.2 Å². The van der Waals surface area contributed by atoms with E-state index in [1.807, 2.05) is 18.4 Å². The summed E-state index contributed by atoms with van der Waals surface area (Å²) < 4.78 is 4.91. The summed E-state index contributed by atoms with van der Waals surface area (Å²) in [5.41, 5.74) is 1.53. The van der Waals surface area contributed by atoms with Crippen molar-refractivity contribution in [3.05, 3.63) is 40.0 Å². The van der Waals surface area contributed by atoms with Crippen molar-refractivity contribution in [2.75, 3.05) is 6.61 Å². The van der Waals surface area contributed by atoms with Crippen LogP contribution in [0.5, 0.6) is 0 Å². The lowest BCUT2D eigenvalue weighted by Crippen LogP contribution is -2.04. The molecule has 100 valence electrons. The maximum absolute atomic E-state index is 11.5. The Hall–Kier alpha value is -1.40. The molecule has 0 atom stereocenters. The number of hydrogen-bond acceptors (Lipinski definition) is 6. The quantitative estimate of drug-likeness (QED) is 0.625. The molecule has 0 aliphatic rings. The van der Waals surface area contributed by atoms with Crippen LogP contribution in [-0.4, -0.2) is 22.5 Å². The van der Waals surface area contributed by atoms with Crippen molar-refractivity contribution >= 4 is 29.1 Å². The summed E-state index contributed by atoms with van der Waals surface area (Å²) in [5.74, 6) is 0.465. The van der Waals surface area contributed by atoms with Gasteiger partial charge in [-0.05, 0) is 26.0 Å². The number of carbonyl (C=O) groups is 1. The first-order chi connectivity index (χ1) is 9.19. The Bertz CT molecular complexity index is 552. The Labute approximate surface area is 120 Å². The number of pyridine rings is 1. The number of aryl methyl sites for hydroxylation is 1. The van der Waals surface area contributed by atoms with Gasteiger partial charge in [-0.2, -0.15) is 0 Å². The smallest absolute Gasteiger partial charge is 0.339 e. The lowest BCUT2D eigenvalue weighted by molar-refractivity contribution is 0.0525. The minimum Gasteiger partial charge on any atom is -0.462 e. The first-order valence-corrected chi connectivity index (χ1v) is 7.72. The van der Waals surface area contributed by atoms with Crippen LogP contribution >= 0.6 is 23.1 Å². The molecule has 0 bridgehead atoms. The van der Waals surface area contributed by atoms with Crippen molar-refractivity contribution in [2.24, 2.45) is 0 Å². The van der Waals surface area contributed by atoms with Crippen molar-refractivity contribution in [1.82, 2.24) is 9.97 Å². The van der Waals surface area contributed by atoms with Crippen molar-refractivity contribution in [3.63, 3.8) is 0 Å². The Kier molecular flexibility index (Phi) is 4.93. The molecular formula is C13H14N2O2S2. The molecule has 2 aromatic heterocycles. The Morgan fingerprint density at radius 3 is 2.89 bits per heavy atom. The molecule has 4 nitrogen and oxygen atoms in total. The van der Waals surface area contributed by atoms with Gasteiger partial charge in [-0.1, -0.05) is 11.8 Å². The van der Waals surface area contributed by atoms with Crippen molar-refractivity contribution < 1.29 is 9.53 Å². The third-order valence-corrected chi connectivity index (χ3v) is 4.36. The van der Waals surface area contributed by atoms with Crippen LogP contribution in [0.4, 0.5) is 0 Å². The molecule has 0 unspecified atom stereocenters. The van der Waals surface area contributed by atoms with Gasteiger partial charge >= 0.3 is 5.97 Å². The van der Waals surface area contributed by atoms with E-state index in [2.05, 4.69) is 9.97 Å². The summed E-state index contributed by atoms with van der Waals surface area (Å²) in [5, 5.41) is 3.99. The van der Waals surface area contributed by atoms with Gasteiger partial charge in [-0.15, -0.1) is 11.3 Å². The first kappa shape index (κ1) is 14.0. The van der Waals surface area contributed by atoms with Crippen LogP contribution in [0.3, 0.4) is 0 Å². The number of ether oxygens (including phenoxy) is 1. The van der Waals surface area contributed by atoms with Crippen molar-refractivity contribution in [3.8, 4) is 0 Å². The number of rotatable bonds is 5. The lowest BCUT2D eigenvalue weighted by Gasteiger charge is -2.02. The molecule has 0 aliphatic heterocycles. The maximum atomic E-state index is 11.5. The van der Waals surface area contributed by atoms with Gasteiger partial charge in [0.2, 0.25) is 0 Å². The summed E-state index contributed by atoms with van der Waals surface area (Å²) in [6.45, 7) is 4.14. The van der Waals surface area contributed by atoms with E-state index in [4.69, 9.17) is 4.74 Å². The number of thiazole rings is 1. The number of carbonyl (C=O) groups excluding carboxylic acids is 1. The van der Waals surface area contributed by atoms with Crippen molar-refractivity contribution in [1.29, 1.82) is 0 Å². The molecule has 6 heteroatoms. The largest absolute Gasteiger partial charge is 0.462 e. The molecule has 2 aromatic rings. The summed E-state index contributed by atoms with van der Waals surface area (Å²) in [6.07, 6.45) is 1.55. The summed E-state index contributed by atoms with van der Waals surface area (Å²) >= 11 is 3.25. The van der Waals surface area contributed by atoms with Gasteiger partial charge in [0.1, 0.15) is 5.01 Å². The molecular weight excluding hydrogens is 280 g/mol. The maximum Gasteiger partial charge on any atom is 0.339 e. The third kappa shape index (κ3) is 4.04. The molecule has 0 saturated heterocycles. The number of nitrogens with zero attached hydrogens (tertiary/aromatic N) is 2. The van der Waals surface area contributed by atoms with E-state index in [1.165, 1.54) is 0 Å². The minimum atomic E-state index is -0.331. The molecule has 0 radical (unpaired) electrons. The van der Waals surface area contributed by atoms with E-state index >= 15 is 0 Å². The van der Waals surface area contributed by atoms with Gasteiger partial charge in [0, 0.05) is 17.3 Å². The summed E-state index contributed by atoms with van der Waals surface area (Å²) in [6, 6.07) is 3.57. The van der Waals surface area contributed by atoms with Crippen LogP contribution in [0, 0.1) is 6.92 Å². The lowest BCUT2D eigenvalue weighted by atomic mass is 10.3. The monoisotopic (exact) mass is 294 g/mol. The predicted molar refractivity (Wildman–Crippen MR) is 76.6 cm³/mol. The van der Waals surface area contributed by atoms with Gasteiger partial charge in [-0.3, -0.25) is 0 Å². The highest BCUT2D eigenvalue weighted by atomic mass is 32.2. The Morgan fingerprint density at radius 1 is 1.47 bits per heavy atom. The fraction of sp³-hybridized carbons (Fsp3) is 0.308. The zero-order chi connectivity index (χ0) is 13.7. The Balaban J connectivity index is 1.93. The SMILES string of the molecule is CCOC(=O)c1ccc(SCc2nc(C)cs2)nc1. The highest BCUT2D eigenvalue weighted by molar-refractivity contribution is 7.98. The fourth-order valence-electron chi connectivity index (χ4n) is 1.41. The predicted octanol–water partition coefficient (Wildman–Crippen LogP) is 3.32. The zero-order valence-electron chi connectivity index (χ0n) is 10.8. The normalized spacial score (nSPS) is 10.4. The molecule has 19 heavy (non-hydrogen) atoms. The van der Waals surface area contributed by atoms with Crippen LogP contribution in [0.25, 0.3) is 0 Å². The number of thioether (sulfide) groups is 1. The van der Waals surface area contributed by atoms with Gasteiger partial charge in [0.25, 0.3) is 0 Å². The molecule has 2 rings (SSSR count). The van der Waals surface area contributed by atoms with Gasteiger partial charge in [-0.25, -0.2) is 14.8 Å². The fourth-order valence-corrected chi connectivity index (χ4v) is 3.04. The minimum absolute atomic E-state index is 0.331. The second-order valence-electron chi connectivity index (χ2n) is 3.78. The highest BCUT2D eigenvalue weighted by Crippen LogP contribution is 2.22. The first-order valence-electron chi connectivity index (χ1n) is 5.86. The molecule has 0 aromatic carbocycles. The van der Waals surface area contributed by atoms with Crippen LogP contribution in [-0.2, 0) is 10.5 Å². The average Bonchev–Trinajstić information content (AvgIpc) is 2.83. The molecule has 2 heterocycles. The second kappa shape index (κ2) is 6.68. The summed E-state index contributed by atoms with van der Waals surface area (Å²) in [4.78, 5) is 20.1. The number of hydrogen-bond donors (Lipinski definition) is 0. The van der Waals surface area contributed by atoms with Crippen LogP contribution in [0.1, 0.15) is 28.0 Å². The van der Waals surface area contributed by atoms with Crippen LogP contribution in [0.2, 0.25) is 0 Å². The molecule has 0 N–H and O–H groups in total. The molecule has 0 amide bonds. The number of esters is 1. The molecule has 0 saturated carbocycles. The van der Waals surface area contributed by atoms with E-state index < -0.39 is 0 Å².